The summed E-state index contributed by atoms with van der Waals surface area (Å²) in [5.74, 6) is -0.929. The van der Waals surface area contributed by atoms with Crippen molar-refractivity contribution < 1.29 is 18.4 Å². The lowest BCUT2D eigenvalue weighted by Gasteiger charge is -2.12. The van der Waals surface area contributed by atoms with E-state index in [0.29, 0.717) is 22.3 Å². The van der Waals surface area contributed by atoms with Crippen LogP contribution >= 0.6 is 11.8 Å². The van der Waals surface area contributed by atoms with Crippen molar-refractivity contribution in [2.24, 2.45) is 0 Å². The number of benzene rings is 1. The van der Waals surface area contributed by atoms with E-state index < -0.39 is 11.9 Å². The highest BCUT2D eigenvalue weighted by Gasteiger charge is 2.27. The molecule has 0 unspecified atom stereocenters. The van der Waals surface area contributed by atoms with Crippen LogP contribution in [0.15, 0.2) is 17.0 Å². The summed E-state index contributed by atoms with van der Waals surface area (Å²) in [6, 6.07) is 3.25. The van der Waals surface area contributed by atoms with E-state index in [1.807, 2.05) is 5.48 Å². The minimum absolute atomic E-state index is 0.426. The van der Waals surface area contributed by atoms with Gasteiger partial charge in [0.05, 0.1) is 11.4 Å². The number of hydrogen-bond donors (Lipinski definition) is 2. The first kappa shape index (κ1) is 13.2. The van der Waals surface area contributed by atoms with E-state index in [9.17, 15) is 13.2 Å². The van der Waals surface area contributed by atoms with Crippen LogP contribution in [-0.2, 0) is 0 Å². The number of alkyl halides is 3. The first-order chi connectivity index (χ1) is 7.33. The Morgan fingerprint density at radius 3 is 2.38 bits per heavy atom. The van der Waals surface area contributed by atoms with E-state index in [0.717, 1.165) is 11.1 Å². The van der Waals surface area contributed by atoms with E-state index in [1.54, 1.807) is 19.9 Å². The van der Waals surface area contributed by atoms with Crippen LogP contribution in [0.3, 0.4) is 0 Å². The maximum absolute atomic E-state index is 12.0. The first-order valence-electron chi connectivity index (χ1n) is 4.54. The lowest BCUT2D eigenvalue weighted by Crippen LogP contribution is -2.10. The van der Waals surface area contributed by atoms with Crippen LogP contribution in [-0.4, -0.2) is 17.1 Å². The maximum atomic E-state index is 12.0. The van der Waals surface area contributed by atoms with E-state index in [-0.39, 0.29) is 0 Å². The highest BCUT2D eigenvalue weighted by Crippen LogP contribution is 2.32. The number of aryl methyl sites for hydroxylation is 2. The quantitative estimate of drug-likeness (QED) is 0.633. The van der Waals surface area contributed by atoms with Gasteiger partial charge in [0, 0.05) is 4.90 Å². The fourth-order valence-electron chi connectivity index (χ4n) is 1.27. The summed E-state index contributed by atoms with van der Waals surface area (Å²) in [5.41, 5.74) is 3.95. The van der Waals surface area contributed by atoms with Gasteiger partial charge in [-0.1, -0.05) is 6.07 Å². The third-order valence-corrected chi connectivity index (χ3v) is 3.26. The van der Waals surface area contributed by atoms with E-state index >= 15 is 0 Å². The van der Waals surface area contributed by atoms with Gasteiger partial charge in [-0.3, -0.25) is 10.7 Å². The fourth-order valence-corrected chi connectivity index (χ4v) is 2.07. The lowest BCUT2D eigenvalue weighted by atomic mass is 10.1. The van der Waals surface area contributed by atoms with Gasteiger partial charge >= 0.3 is 6.18 Å². The molecule has 1 aromatic rings. The molecule has 0 aromatic heterocycles. The Morgan fingerprint density at radius 1 is 1.25 bits per heavy atom. The average molecular weight is 251 g/mol. The van der Waals surface area contributed by atoms with Gasteiger partial charge in [-0.2, -0.15) is 13.2 Å². The molecule has 2 nitrogen and oxygen atoms in total. The monoisotopic (exact) mass is 251 g/mol. The molecule has 6 heteroatoms. The summed E-state index contributed by atoms with van der Waals surface area (Å²) in [5, 5.41) is 8.78. The molecule has 0 saturated carbocycles. The summed E-state index contributed by atoms with van der Waals surface area (Å²) in [6.07, 6.45) is -4.19. The van der Waals surface area contributed by atoms with Crippen LogP contribution in [0.5, 0.6) is 0 Å². The Morgan fingerprint density at radius 2 is 1.88 bits per heavy atom. The second-order valence-corrected chi connectivity index (χ2v) is 4.47. The SMILES string of the molecule is Cc1cc(C)c(SCC(F)(F)F)cc1NO. The van der Waals surface area contributed by atoms with E-state index in [4.69, 9.17) is 5.21 Å². The Hall–Kier alpha value is -0.880. The predicted molar refractivity (Wildman–Crippen MR) is 58.1 cm³/mol. The Bertz CT molecular complexity index is 379. The molecule has 0 spiro atoms. The molecule has 90 valence electrons. The molecule has 16 heavy (non-hydrogen) atoms. The molecule has 0 heterocycles. The number of halogens is 3. The van der Waals surface area contributed by atoms with E-state index in [1.165, 1.54) is 6.07 Å². The zero-order valence-corrected chi connectivity index (χ0v) is 9.67. The Labute approximate surface area is 95.8 Å². The molecule has 2 N–H and O–H groups in total. The van der Waals surface area contributed by atoms with Crippen LogP contribution < -0.4 is 5.48 Å². The van der Waals surface area contributed by atoms with Crippen molar-refractivity contribution in [1.82, 2.24) is 0 Å². The molecule has 0 amide bonds. The molecular formula is C10H12F3NOS. The molecule has 0 bridgehead atoms. The molecule has 0 aliphatic carbocycles. The normalized spacial score (nSPS) is 11.6. The van der Waals surface area contributed by atoms with Crippen molar-refractivity contribution in [2.75, 3.05) is 11.2 Å². The van der Waals surface area contributed by atoms with Crippen molar-refractivity contribution in [3.63, 3.8) is 0 Å². The molecule has 0 aliphatic rings. The van der Waals surface area contributed by atoms with Gasteiger partial charge < -0.3 is 0 Å². The van der Waals surface area contributed by atoms with Crippen LogP contribution in [0.1, 0.15) is 11.1 Å². The second kappa shape index (κ2) is 4.97. The predicted octanol–water partition coefficient (Wildman–Crippen LogP) is 3.76. The fraction of sp³-hybridized carbons (Fsp3) is 0.400. The minimum Gasteiger partial charge on any atom is -0.291 e. The van der Waals surface area contributed by atoms with Gasteiger partial charge in [0.15, 0.2) is 0 Å². The zero-order chi connectivity index (χ0) is 12.3. The third-order valence-electron chi connectivity index (χ3n) is 2.03. The maximum Gasteiger partial charge on any atom is 0.398 e. The molecule has 1 rings (SSSR count). The third kappa shape index (κ3) is 3.61. The van der Waals surface area contributed by atoms with Gasteiger partial charge in [-0.25, -0.2) is 0 Å². The van der Waals surface area contributed by atoms with Crippen molar-refractivity contribution in [3.05, 3.63) is 23.3 Å². The average Bonchev–Trinajstić information content (AvgIpc) is 2.15. The summed E-state index contributed by atoms with van der Waals surface area (Å²) < 4.78 is 36.1. The smallest absolute Gasteiger partial charge is 0.291 e. The number of hydrogen-bond acceptors (Lipinski definition) is 3. The standard InChI is InChI=1S/C10H12F3NOS/c1-6-3-7(2)9(4-8(6)14-15)16-5-10(11,12)13/h3-4,14-15H,5H2,1-2H3. The minimum atomic E-state index is -4.19. The van der Waals surface area contributed by atoms with Gasteiger partial charge in [-0.15, -0.1) is 11.8 Å². The molecular weight excluding hydrogens is 239 g/mol. The van der Waals surface area contributed by atoms with Crippen LogP contribution in [0, 0.1) is 13.8 Å². The lowest BCUT2D eigenvalue weighted by molar-refractivity contribution is -0.105. The van der Waals surface area contributed by atoms with Crippen molar-refractivity contribution >= 4 is 17.4 Å². The summed E-state index contributed by atoms with van der Waals surface area (Å²) in [7, 11) is 0. The van der Waals surface area contributed by atoms with Crippen LogP contribution in [0.25, 0.3) is 0 Å². The molecule has 0 atom stereocenters. The number of thioether (sulfide) groups is 1. The van der Waals surface area contributed by atoms with E-state index in [2.05, 4.69) is 0 Å². The largest absolute Gasteiger partial charge is 0.398 e. The topological polar surface area (TPSA) is 32.3 Å². The number of anilines is 1. The summed E-state index contributed by atoms with van der Waals surface area (Å²) in [4.78, 5) is 0.513. The first-order valence-corrected chi connectivity index (χ1v) is 5.53. The molecule has 0 fully saturated rings. The highest BCUT2D eigenvalue weighted by molar-refractivity contribution is 7.99. The van der Waals surface area contributed by atoms with Gasteiger partial charge in [-0.05, 0) is 31.0 Å². The van der Waals surface area contributed by atoms with Crippen molar-refractivity contribution in [1.29, 1.82) is 0 Å². The molecule has 0 aliphatic heterocycles. The molecule has 0 radical (unpaired) electrons. The van der Waals surface area contributed by atoms with Crippen molar-refractivity contribution in [3.8, 4) is 0 Å². The second-order valence-electron chi connectivity index (χ2n) is 3.45. The summed E-state index contributed by atoms with van der Waals surface area (Å²) >= 11 is 0.716. The molecule has 0 saturated heterocycles. The summed E-state index contributed by atoms with van der Waals surface area (Å²) in [6.45, 7) is 3.51. The number of nitrogens with one attached hydrogen (secondary N) is 1. The molecule has 1 aromatic carbocycles. The van der Waals surface area contributed by atoms with Gasteiger partial charge in [0.1, 0.15) is 0 Å². The van der Waals surface area contributed by atoms with Crippen LogP contribution in [0.2, 0.25) is 0 Å². The number of rotatable bonds is 3. The van der Waals surface area contributed by atoms with Gasteiger partial charge in [0.2, 0.25) is 0 Å². The highest BCUT2D eigenvalue weighted by atomic mass is 32.2. The Balaban J connectivity index is 2.88. The van der Waals surface area contributed by atoms with Crippen LogP contribution in [0.4, 0.5) is 18.9 Å². The van der Waals surface area contributed by atoms with Crippen molar-refractivity contribution in [2.45, 2.75) is 24.9 Å². The van der Waals surface area contributed by atoms with Gasteiger partial charge in [0.25, 0.3) is 0 Å². The zero-order valence-electron chi connectivity index (χ0n) is 8.85. The Kier molecular flexibility index (Phi) is 4.09.